The number of carbonyl (C=O) groups is 3. The van der Waals surface area contributed by atoms with Crippen LogP contribution < -0.4 is 10.6 Å². The third-order valence-electron chi connectivity index (χ3n) is 4.04. The molecule has 140 valence electrons. The summed E-state index contributed by atoms with van der Waals surface area (Å²) in [5, 5.41) is 5.51. The number of ether oxygens (including phenoxy) is 1. The molecule has 2 rings (SSSR count). The van der Waals surface area contributed by atoms with E-state index in [0.29, 0.717) is 17.7 Å². The monoisotopic (exact) mass is 360 g/mol. The summed E-state index contributed by atoms with van der Waals surface area (Å²) in [4.78, 5) is 35.0. The number of aryl methyl sites for hydroxylation is 2. The molecule has 0 aliphatic heterocycles. The molecule has 1 aromatic carbocycles. The molecule has 1 aromatic heterocycles. The maximum Gasteiger partial charge on any atom is 0.321 e. The van der Waals surface area contributed by atoms with E-state index in [4.69, 9.17) is 9.15 Å². The van der Waals surface area contributed by atoms with Crippen molar-refractivity contribution in [3.8, 4) is 0 Å². The second-order valence-corrected chi connectivity index (χ2v) is 6.19. The van der Waals surface area contributed by atoms with Crippen molar-refractivity contribution in [3.63, 3.8) is 0 Å². The molecule has 0 aliphatic rings. The van der Waals surface area contributed by atoms with Crippen molar-refractivity contribution >= 4 is 28.9 Å². The lowest BCUT2D eigenvalue weighted by atomic mass is 10.0. The largest absolute Gasteiger partial charge is 0.464 e. The number of hydrogen-bond acceptors (Lipinski definition) is 5. The number of esters is 1. The molecule has 1 heterocycles. The lowest BCUT2D eigenvalue weighted by Crippen LogP contribution is -2.41. The maximum atomic E-state index is 12.0. The van der Waals surface area contributed by atoms with Crippen LogP contribution in [0.5, 0.6) is 0 Å². The van der Waals surface area contributed by atoms with Crippen LogP contribution in [0.25, 0.3) is 11.0 Å². The summed E-state index contributed by atoms with van der Waals surface area (Å²) in [5.74, 6) is -1.23. The Balaban J connectivity index is 1.83. The summed E-state index contributed by atoms with van der Waals surface area (Å²) in [6, 6.07) is 3.29. The van der Waals surface area contributed by atoms with E-state index in [0.717, 1.165) is 29.4 Å². The van der Waals surface area contributed by atoms with Crippen LogP contribution >= 0.6 is 0 Å². The van der Waals surface area contributed by atoms with Crippen molar-refractivity contribution in [2.24, 2.45) is 0 Å². The number of amides is 3. The molecule has 0 radical (unpaired) electrons. The van der Waals surface area contributed by atoms with E-state index in [-0.39, 0.29) is 6.42 Å². The fourth-order valence-electron chi connectivity index (χ4n) is 2.41. The summed E-state index contributed by atoms with van der Waals surface area (Å²) < 4.78 is 10.4. The first-order chi connectivity index (χ1) is 12.4. The summed E-state index contributed by atoms with van der Waals surface area (Å²) in [5.41, 5.74) is 3.61. The average molecular weight is 360 g/mol. The van der Waals surface area contributed by atoms with Crippen molar-refractivity contribution in [1.82, 2.24) is 10.6 Å². The Kier molecular flexibility index (Phi) is 6.77. The smallest absolute Gasteiger partial charge is 0.321 e. The molecule has 0 bridgehead atoms. The van der Waals surface area contributed by atoms with Gasteiger partial charge in [0.15, 0.2) is 6.61 Å². The summed E-state index contributed by atoms with van der Waals surface area (Å²) in [6.07, 6.45) is 3.28. The number of furan rings is 1. The van der Waals surface area contributed by atoms with Crippen molar-refractivity contribution in [3.05, 3.63) is 35.1 Å². The van der Waals surface area contributed by atoms with Gasteiger partial charge in [-0.2, -0.15) is 0 Å². The third-order valence-corrected chi connectivity index (χ3v) is 4.04. The van der Waals surface area contributed by atoms with E-state index in [1.54, 1.807) is 0 Å². The third kappa shape index (κ3) is 5.34. The minimum atomic E-state index is -0.670. The zero-order valence-electron chi connectivity index (χ0n) is 15.3. The number of carbonyl (C=O) groups excluding carboxylic acids is 3. The molecule has 2 aromatic rings. The number of benzene rings is 1. The lowest BCUT2D eigenvalue weighted by Gasteiger charge is -2.07. The molecule has 0 aliphatic carbocycles. The number of hydrogen-bond donors (Lipinski definition) is 2. The van der Waals surface area contributed by atoms with Crippen LogP contribution in [0.1, 0.15) is 36.5 Å². The van der Waals surface area contributed by atoms with Gasteiger partial charge in [0.1, 0.15) is 5.58 Å². The van der Waals surface area contributed by atoms with Gasteiger partial charge in [-0.15, -0.1) is 0 Å². The van der Waals surface area contributed by atoms with E-state index in [2.05, 4.69) is 10.6 Å². The molecule has 0 unspecified atom stereocenters. The Labute approximate surface area is 152 Å². The van der Waals surface area contributed by atoms with E-state index in [9.17, 15) is 14.4 Å². The van der Waals surface area contributed by atoms with E-state index >= 15 is 0 Å². The highest BCUT2D eigenvalue weighted by molar-refractivity contribution is 5.95. The Morgan fingerprint density at radius 2 is 1.88 bits per heavy atom. The standard InChI is InChI=1S/C19H24N2O5/c1-4-5-6-20-19(24)21-17(22)11-26-18(23)9-14-10-25-16-8-13(3)12(2)7-15(14)16/h7-8,10H,4-6,9,11H2,1-3H3,(H2,20,21,22,24). The first-order valence-corrected chi connectivity index (χ1v) is 8.61. The first kappa shape index (κ1) is 19.5. The van der Waals surface area contributed by atoms with Gasteiger partial charge >= 0.3 is 12.0 Å². The van der Waals surface area contributed by atoms with Crippen LogP contribution in [-0.4, -0.2) is 31.1 Å². The van der Waals surface area contributed by atoms with Gasteiger partial charge in [-0.05, 0) is 43.5 Å². The zero-order valence-corrected chi connectivity index (χ0v) is 15.3. The van der Waals surface area contributed by atoms with Gasteiger partial charge in [0.25, 0.3) is 5.91 Å². The maximum absolute atomic E-state index is 12.0. The SMILES string of the molecule is CCCCNC(=O)NC(=O)COC(=O)Cc1coc2cc(C)c(C)cc12. The predicted octanol–water partition coefficient (Wildman–Crippen LogP) is 2.76. The normalized spacial score (nSPS) is 10.6. The lowest BCUT2D eigenvalue weighted by molar-refractivity contribution is -0.147. The molecule has 3 amide bonds. The second kappa shape index (κ2) is 9.03. The van der Waals surface area contributed by atoms with Crippen LogP contribution in [0.3, 0.4) is 0 Å². The molecular formula is C19H24N2O5. The van der Waals surface area contributed by atoms with Crippen LogP contribution in [0.15, 0.2) is 22.8 Å². The zero-order chi connectivity index (χ0) is 19.1. The van der Waals surface area contributed by atoms with Gasteiger partial charge in [-0.1, -0.05) is 13.3 Å². The van der Waals surface area contributed by atoms with E-state index < -0.39 is 24.5 Å². The molecule has 0 fully saturated rings. The number of rotatable bonds is 7. The fourth-order valence-corrected chi connectivity index (χ4v) is 2.41. The molecule has 0 saturated heterocycles. The van der Waals surface area contributed by atoms with Gasteiger partial charge in [-0.25, -0.2) is 4.79 Å². The molecule has 7 nitrogen and oxygen atoms in total. The number of nitrogens with one attached hydrogen (secondary N) is 2. The molecular weight excluding hydrogens is 336 g/mol. The highest BCUT2D eigenvalue weighted by Crippen LogP contribution is 2.25. The van der Waals surface area contributed by atoms with Gasteiger partial charge in [-0.3, -0.25) is 14.9 Å². The summed E-state index contributed by atoms with van der Waals surface area (Å²) in [7, 11) is 0. The van der Waals surface area contributed by atoms with Crippen LogP contribution in [0.2, 0.25) is 0 Å². The number of unbranched alkanes of at least 4 members (excludes halogenated alkanes) is 1. The number of urea groups is 1. The fraction of sp³-hybridized carbons (Fsp3) is 0.421. The van der Waals surface area contributed by atoms with E-state index in [1.807, 2.05) is 32.9 Å². The van der Waals surface area contributed by atoms with Crippen LogP contribution in [0, 0.1) is 13.8 Å². The van der Waals surface area contributed by atoms with Crippen LogP contribution in [-0.2, 0) is 20.7 Å². The topological polar surface area (TPSA) is 97.6 Å². The van der Waals surface area contributed by atoms with Crippen molar-refractivity contribution < 1.29 is 23.5 Å². The molecule has 0 spiro atoms. The molecule has 0 atom stereocenters. The second-order valence-electron chi connectivity index (χ2n) is 6.19. The minimum Gasteiger partial charge on any atom is -0.464 e. The predicted molar refractivity (Wildman–Crippen MR) is 96.8 cm³/mol. The van der Waals surface area contributed by atoms with Crippen molar-refractivity contribution in [2.75, 3.05) is 13.2 Å². The summed E-state index contributed by atoms with van der Waals surface area (Å²) in [6.45, 7) is 5.95. The highest BCUT2D eigenvalue weighted by Gasteiger charge is 2.15. The Morgan fingerprint density at radius 1 is 1.15 bits per heavy atom. The molecule has 7 heteroatoms. The molecule has 26 heavy (non-hydrogen) atoms. The minimum absolute atomic E-state index is 0.00845. The van der Waals surface area contributed by atoms with E-state index in [1.165, 1.54) is 6.26 Å². The highest BCUT2D eigenvalue weighted by atomic mass is 16.5. The Hall–Kier alpha value is -2.83. The Morgan fingerprint density at radius 3 is 2.62 bits per heavy atom. The van der Waals surface area contributed by atoms with Crippen LogP contribution in [0.4, 0.5) is 4.79 Å². The average Bonchev–Trinajstić information content (AvgIpc) is 2.95. The number of fused-ring (bicyclic) bond motifs is 1. The molecule has 2 N–H and O–H groups in total. The van der Waals surface area contributed by atoms with Gasteiger partial charge in [0.05, 0.1) is 12.7 Å². The quantitative estimate of drug-likeness (QED) is 0.584. The van der Waals surface area contributed by atoms with Gasteiger partial charge < -0.3 is 14.5 Å². The van der Waals surface area contributed by atoms with Crippen molar-refractivity contribution in [1.29, 1.82) is 0 Å². The molecule has 0 saturated carbocycles. The Bertz CT molecular complexity index is 810. The van der Waals surface area contributed by atoms with Crippen molar-refractivity contribution in [2.45, 2.75) is 40.0 Å². The van der Waals surface area contributed by atoms with Gasteiger partial charge in [0.2, 0.25) is 0 Å². The van der Waals surface area contributed by atoms with Gasteiger partial charge in [0, 0.05) is 17.5 Å². The summed E-state index contributed by atoms with van der Waals surface area (Å²) >= 11 is 0. The first-order valence-electron chi connectivity index (χ1n) is 8.61. The number of imide groups is 1.